The van der Waals surface area contributed by atoms with Gasteiger partial charge in [0.1, 0.15) is 0 Å². The van der Waals surface area contributed by atoms with E-state index in [1.807, 2.05) is 0 Å². The number of hydrogen-bond acceptors (Lipinski definition) is 2. The van der Waals surface area contributed by atoms with Crippen LogP contribution in [0.5, 0.6) is 0 Å². The zero-order chi connectivity index (χ0) is 12.4. The van der Waals surface area contributed by atoms with E-state index in [0.29, 0.717) is 6.04 Å². The average molecular weight is 244 g/mol. The second kappa shape index (κ2) is 5.31. The number of aryl methyl sites for hydroxylation is 1. The molecule has 2 nitrogen and oxygen atoms in total. The molecule has 3 rings (SSSR count). The van der Waals surface area contributed by atoms with Gasteiger partial charge in [0.2, 0.25) is 0 Å². The van der Waals surface area contributed by atoms with Crippen molar-refractivity contribution in [2.24, 2.45) is 0 Å². The summed E-state index contributed by atoms with van der Waals surface area (Å²) in [5.74, 6) is 0. The molecule has 0 spiro atoms. The Bertz CT molecular complexity index is 381. The highest BCUT2D eigenvalue weighted by molar-refractivity contribution is 5.48. The first-order valence-corrected chi connectivity index (χ1v) is 7.45. The van der Waals surface area contributed by atoms with E-state index in [-0.39, 0.29) is 0 Å². The summed E-state index contributed by atoms with van der Waals surface area (Å²) in [5, 5.41) is 3.74. The Morgan fingerprint density at radius 2 is 1.89 bits per heavy atom. The van der Waals surface area contributed by atoms with Gasteiger partial charge in [-0.15, -0.1) is 0 Å². The van der Waals surface area contributed by atoms with Crippen LogP contribution in [0, 0.1) is 0 Å². The predicted octanol–water partition coefficient (Wildman–Crippen LogP) is 2.97. The number of anilines is 1. The SMILES string of the molecule is CCCc1ccc(N2CCC(NC3CC3)C2)cc1. The number of benzene rings is 1. The summed E-state index contributed by atoms with van der Waals surface area (Å²) in [6.45, 7) is 4.63. The largest absolute Gasteiger partial charge is 0.370 e. The molecule has 1 atom stereocenters. The Hall–Kier alpha value is -1.02. The molecule has 1 aromatic carbocycles. The van der Waals surface area contributed by atoms with Crippen molar-refractivity contribution in [3.05, 3.63) is 29.8 Å². The summed E-state index contributed by atoms with van der Waals surface area (Å²) in [5.41, 5.74) is 2.86. The zero-order valence-electron chi connectivity index (χ0n) is 11.4. The lowest BCUT2D eigenvalue weighted by Crippen LogP contribution is -2.33. The molecule has 2 aliphatic rings. The number of hydrogen-bond donors (Lipinski definition) is 1. The smallest absolute Gasteiger partial charge is 0.0366 e. The fourth-order valence-corrected chi connectivity index (χ4v) is 2.88. The lowest BCUT2D eigenvalue weighted by atomic mass is 10.1. The van der Waals surface area contributed by atoms with Gasteiger partial charge in [0.05, 0.1) is 0 Å². The third-order valence-corrected chi connectivity index (χ3v) is 4.08. The van der Waals surface area contributed by atoms with Crippen molar-refractivity contribution in [1.29, 1.82) is 0 Å². The van der Waals surface area contributed by atoms with Gasteiger partial charge in [0.15, 0.2) is 0 Å². The molecular weight excluding hydrogens is 220 g/mol. The standard InChI is InChI=1S/C16H24N2/c1-2-3-13-4-8-16(9-5-13)18-11-10-15(12-18)17-14-6-7-14/h4-5,8-9,14-15,17H,2-3,6-7,10-12H2,1H3. The van der Waals surface area contributed by atoms with E-state index in [9.17, 15) is 0 Å². The second-order valence-electron chi connectivity index (χ2n) is 5.79. The molecule has 1 saturated heterocycles. The lowest BCUT2D eigenvalue weighted by Gasteiger charge is -2.19. The van der Waals surface area contributed by atoms with Crippen LogP contribution in [0.4, 0.5) is 5.69 Å². The number of nitrogens with one attached hydrogen (secondary N) is 1. The Morgan fingerprint density at radius 3 is 2.56 bits per heavy atom. The van der Waals surface area contributed by atoms with E-state index in [4.69, 9.17) is 0 Å². The van der Waals surface area contributed by atoms with Crippen LogP contribution in [0.2, 0.25) is 0 Å². The average Bonchev–Trinajstić information content (AvgIpc) is 3.07. The van der Waals surface area contributed by atoms with Gasteiger partial charge in [-0.1, -0.05) is 25.5 Å². The van der Waals surface area contributed by atoms with E-state index < -0.39 is 0 Å². The van der Waals surface area contributed by atoms with Gasteiger partial charge < -0.3 is 10.2 Å². The van der Waals surface area contributed by atoms with Gasteiger partial charge in [-0.05, 0) is 43.4 Å². The van der Waals surface area contributed by atoms with Crippen molar-refractivity contribution in [2.75, 3.05) is 18.0 Å². The lowest BCUT2D eigenvalue weighted by molar-refractivity contribution is 0.548. The fraction of sp³-hybridized carbons (Fsp3) is 0.625. The highest BCUT2D eigenvalue weighted by atomic mass is 15.2. The molecule has 0 aromatic heterocycles. The molecule has 1 saturated carbocycles. The van der Waals surface area contributed by atoms with Gasteiger partial charge in [-0.25, -0.2) is 0 Å². The van der Waals surface area contributed by atoms with Crippen LogP contribution in [-0.2, 0) is 6.42 Å². The molecule has 1 N–H and O–H groups in total. The van der Waals surface area contributed by atoms with Crippen LogP contribution in [-0.4, -0.2) is 25.2 Å². The molecule has 98 valence electrons. The fourth-order valence-electron chi connectivity index (χ4n) is 2.88. The maximum atomic E-state index is 3.74. The molecule has 1 heterocycles. The molecule has 1 aliphatic carbocycles. The minimum atomic E-state index is 0.716. The van der Waals surface area contributed by atoms with Crippen molar-refractivity contribution >= 4 is 5.69 Å². The van der Waals surface area contributed by atoms with Gasteiger partial charge in [-0.3, -0.25) is 0 Å². The Balaban J connectivity index is 1.57. The van der Waals surface area contributed by atoms with E-state index in [1.54, 1.807) is 0 Å². The van der Waals surface area contributed by atoms with Crippen molar-refractivity contribution < 1.29 is 0 Å². The maximum Gasteiger partial charge on any atom is 0.0366 e. The molecule has 1 unspecified atom stereocenters. The molecule has 1 aromatic rings. The Labute approximate surface area is 110 Å². The van der Waals surface area contributed by atoms with Crippen LogP contribution in [0.25, 0.3) is 0 Å². The molecule has 1 aliphatic heterocycles. The van der Waals surface area contributed by atoms with Crippen LogP contribution in [0.3, 0.4) is 0 Å². The molecule has 0 amide bonds. The summed E-state index contributed by atoms with van der Waals surface area (Å²) < 4.78 is 0. The third kappa shape index (κ3) is 2.86. The van der Waals surface area contributed by atoms with E-state index in [1.165, 1.54) is 56.4 Å². The van der Waals surface area contributed by atoms with Gasteiger partial charge >= 0.3 is 0 Å². The van der Waals surface area contributed by atoms with Gasteiger partial charge in [-0.2, -0.15) is 0 Å². The Kier molecular flexibility index (Phi) is 3.55. The van der Waals surface area contributed by atoms with Crippen molar-refractivity contribution in [3.63, 3.8) is 0 Å². The highest BCUT2D eigenvalue weighted by Gasteiger charge is 2.29. The third-order valence-electron chi connectivity index (χ3n) is 4.08. The molecule has 2 heteroatoms. The summed E-state index contributed by atoms with van der Waals surface area (Å²) in [6.07, 6.45) is 6.51. The van der Waals surface area contributed by atoms with E-state index in [2.05, 4.69) is 41.4 Å². The number of rotatable bonds is 5. The quantitative estimate of drug-likeness (QED) is 0.856. The minimum Gasteiger partial charge on any atom is -0.370 e. The maximum absolute atomic E-state index is 3.74. The molecule has 0 bridgehead atoms. The monoisotopic (exact) mass is 244 g/mol. The first-order valence-electron chi connectivity index (χ1n) is 7.45. The van der Waals surface area contributed by atoms with Crippen molar-refractivity contribution in [1.82, 2.24) is 5.32 Å². The summed E-state index contributed by atoms with van der Waals surface area (Å²) in [4.78, 5) is 2.52. The predicted molar refractivity (Wildman–Crippen MR) is 77.2 cm³/mol. The summed E-state index contributed by atoms with van der Waals surface area (Å²) in [6, 6.07) is 10.7. The normalized spacial score (nSPS) is 23.6. The molecule has 0 radical (unpaired) electrons. The first kappa shape index (κ1) is 12.0. The van der Waals surface area contributed by atoms with Crippen LogP contribution < -0.4 is 10.2 Å². The van der Waals surface area contributed by atoms with Crippen LogP contribution in [0.1, 0.15) is 38.2 Å². The van der Waals surface area contributed by atoms with E-state index in [0.717, 1.165) is 6.04 Å². The van der Waals surface area contributed by atoms with Crippen molar-refractivity contribution in [2.45, 2.75) is 51.1 Å². The van der Waals surface area contributed by atoms with Crippen LogP contribution in [0.15, 0.2) is 24.3 Å². The number of nitrogens with zero attached hydrogens (tertiary/aromatic N) is 1. The topological polar surface area (TPSA) is 15.3 Å². The zero-order valence-corrected chi connectivity index (χ0v) is 11.4. The minimum absolute atomic E-state index is 0.716. The second-order valence-corrected chi connectivity index (χ2v) is 5.79. The summed E-state index contributed by atoms with van der Waals surface area (Å²) in [7, 11) is 0. The molecule has 2 fully saturated rings. The van der Waals surface area contributed by atoms with Crippen LogP contribution >= 0.6 is 0 Å². The first-order chi connectivity index (χ1) is 8.85. The highest BCUT2D eigenvalue weighted by Crippen LogP contribution is 2.25. The molecule has 18 heavy (non-hydrogen) atoms. The van der Waals surface area contributed by atoms with Crippen molar-refractivity contribution in [3.8, 4) is 0 Å². The van der Waals surface area contributed by atoms with Gasteiger partial charge in [0, 0.05) is 30.9 Å². The van der Waals surface area contributed by atoms with Gasteiger partial charge in [0.25, 0.3) is 0 Å². The van der Waals surface area contributed by atoms with E-state index >= 15 is 0 Å². The Morgan fingerprint density at radius 1 is 1.11 bits per heavy atom. The summed E-state index contributed by atoms with van der Waals surface area (Å²) >= 11 is 0. The molecular formula is C16H24N2.